The highest BCUT2D eigenvalue weighted by molar-refractivity contribution is 5.75. The topological polar surface area (TPSA) is 104 Å². The first-order valence-electron chi connectivity index (χ1n) is 5.49. The van der Waals surface area contributed by atoms with Crippen LogP contribution >= 0.6 is 0 Å². The molecule has 0 spiro atoms. The monoisotopic (exact) mass is 217 g/mol. The van der Waals surface area contributed by atoms with E-state index in [1.165, 1.54) is 0 Å². The molecular weight excluding hydrogens is 194 g/mol. The van der Waals surface area contributed by atoms with Gasteiger partial charge < -0.3 is 21.9 Å². The Morgan fingerprint density at radius 3 is 2.60 bits per heavy atom. The van der Waals surface area contributed by atoms with E-state index in [9.17, 15) is 4.79 Å². The summed E-state index contributed by atoms with van der Waals surface area (Å²) in [6.45, 7) is 2.98. The van der Waals surface area contributed by atoms with Crippen LogP contribution in [0.25, 0.3) is 0 Å². The molecule has 0 aromatic heterocycles. The lowest BCUT2D eigenvalue weighted by molar-refractivity contribution is -0.145. The van der Waals surface area contributed by atoms with E-state index in [2.05, 4.69) is 0 Å². The molecule has 0 saturated carbocycles. The van der Waals surface area contributed by atoms with Crippen LogP contribution in [0.5, 0.6) is 0 Å². The smallest absolute Gasteiger partial charge is 0.322 e. The number of rotatable bonds is 8. The molecule has 90 valence electrons. The molecule has 0 fully saturated rings. The Kier molecular flexibility index (Phi) is 8.27. The van der Waals surface area contributed by atoms with Gasteiger partial charge in [-0.25, -0.2) is 0 Å². The third-order valence-corrected chi connectivity index (χ3v) is 2.14. The third kappa shape index (κ3) is 7.30. The van der Waals surface area contributed by atoms with Crippen molar-refractivity contribution in [3.05, 3.63) is 0 Å². The van der Waals surface area contributed by atoms with E-state index in [0.29, 0.717) is 26.0 Å². The first-order valence-corrected chi connectivity index (χ1v) is 5.49. The van der Waals surface area contributed by atoms with E-state index >= 15 is 0 Å². The summed E-state index contributed by atoms with van der Waals surface area (Å²) in [6, 6.07) is -0.743. The van der Waals surface area contributed by atoms with Gasteiger partial charge in [0.05, 0.1) is 6.61 Å². The normalized spacial score (nSPS) is 14.7. The van der Waals surface area contributed by atoms with Gasteiger partial charge in [0.2, 0.25) is 0 Å². The van der Waals surface area contributed by atoms with Crippen molar-refractivity contribution < 1.29 is 9.53 Å². The second kappa shape index (κ2) is 8.64. The van der Waals surface area contributed by atoms with Crippen LogP contribution < -0.4 is 17.2 Å². The summed E-state index contributed by atoms with van der Waals surface area (Å²) in [4.78, 5) is 11.3. The number of carbonyl (C=O) groups excluding carboxylic acids is 1. The highest BCUT2D eigenvalue weighted by atomic mass is 16.5. The van der Waals surface area contributed by atoms with Crippen LogP contribution in [0.4, 0.5) is 0 Å². The lowest BCUT2D eigenvalue weighted by Crippen LogP contribution is -2.39. The predicted molar refractivity (Wildman–Crippen MR) is 60.1 cm³/mol. The molecule has 15 heavy (non-hydrogen) atoms. The van der Waals surface area contributed by atoms with Crippen molar-refractivity contribution in [2.75, 3.05) is 13.2 Å². The zero-order valence-electron chi connectivity index (χ0n) is 9.45. The number of esters is 1. The maximum Gasteiger partial charge on any atom is 0.322 e. The second-order valence-corrected chi connectivity index (χ2v) is 3.70. The minimum Gasteiger partial charge on any atom is -0.465 e. The number of unbranched alkanes of at least 4 members (excludes halogenated alkanes) is 1. The van der Waals surface area contributed by atoms with Crippen molar-refractivity contribution >= 4 is 5.97 Å². The number of hydrogen-bond donors (Lipinski definition) is 3. The summed E-state index contributed by atoms with van der Waals surface area (Å²) >= 11 is 0. The van der Waals surface area contributed by atoms with Crippen LogP contribution in [0, 0.1) is 0 Å². The van der Waals surface area contributed by atoms with Crippen LogP contribution in [0.1, 0.15) is 32.6 Å². The standard InChI is InChI=1S/C10H23N3O2/c1-2-3-6-15-10(14)9(13)7-8(12)4-5-11/h8-9H,2-7,11-13H2,1H3/t8?,9-/m0/s1. The molecule has 0 aliphatic rings. The predicted octanol–water partition coefficient (Wildman–Crippen LogP) is -0.277. The SMILES string of the molecule is CCCCOC(=O)[C@@H](N)CC(N)CCN. The van der Waals surface area contributed by atoms with Crippen LogP contribution in [-0.4, -0.2) is 31.2 Å². The van der Waals surface area contributed by atoms with Gasteiger partial charge >= 0.3 is 5.97 Å². The summed E-state index contributed by atoms with van der Waals surface area (Å²) in [6.07, 6.45) is 2.97. The van der Waals surface area contributed by atoms with Gasteiger partial charge in [0.1, 0.15) is 6.04 Å². The van der Waals surface area contributed by atoms with Gasteiger partial charge in [-0.05, 0) is 25.8 Å². The van der Waals surface area contributed by atoms with Gasteiger partial charge in [-0.2, -0.15) is 0 Å². The summed E-state index contributed by atoms with van der Waals surface area (Å²) in [5, 5.41) is 0. The zero-order valence-corrected chi connectivity index (χ0v) is 9.45. The van der Waals surface area contributed by atoms with Crippen molar-refractivity contribution in [1.82, 2.24) is 0 Å². The number of ether oxygens (including phenoxy) is 1. The molecule has 0 aliphatic carbocycles. The fourth-order valence-electron chi connectivity index (χ4n) is 1.18. The van der Waals surface area contributed by atoms with Gasteiger partial charge in [-0.1, -0.05) is 13.3 Å². The fourth-order valence-corrected chi connectivity index (χ4v) is 1.18. The first kappa shape index (κ1) is 14.3. The molecule has 0 aliphatic heterocycles. The largest absolute Gasteiger partial charge is 0.465 e. The Labute approximate surface area is 91.3 Å². The van der Waals surface area contributed by atoms with Crippen molar-refractivity contribution in [3.8, 4) is 0 Å². The average Bonchev–Trinajstić information content (AvgIpc) is 2.18. The zero-order chi connectivity index (χ0) is 11.7. The van der Waals surface area contributed by atoms with Crippen molar-refractivity contribution in [3.63, 3.8) is 0 Å². The van der Waals surface area contributed by atoms with Gasteiger partial charge in [0, 0.05) is 6.04 Å². The van der Waals surface area contributed by atoms with Crippen molar-refractivity contribution in [2.24, 2.45) is 17.2 Å². The first-order chi connectivity index (χ1) is 7.11. The molecule has 1 unspecified atom stereocenters. The summed E-state index contributed by atoms with van der Waals surface area (Å²) in [5.74, 6) is -0.365. The molecule has 0 aromatic rings. The lowest BCUT2D eigenvalue weighted by Gasteiger charge is -2.15. The molecule has 0 radical (unpaired) electrons. The molecule has 0 bridgehead atoms. The van der Waals surface area contributed by atoms with Gasteiger partial charge in [-0.3, -0.25) is 4.79 Å². The maximum atomic E-state index is 11.3. The summed E-state index contributed by atoms with van der Waals surface area (Å²) < 4.78 is 4.97. The van der Waals surface area contributed by atoms with E-state index in [-0.39, 0.29) is 12.0 Å². The molecule has 6 N–H and O–H groups in total. The third-order valence-electron chi connectivity index (χ3n) is 2.14. The van der Waals surface area contributed by atoms with Crippen molar-refractivity contribution in [2.45, 2.75) is 44.7 Å². The van der Waals surface area contributed by atoms with Crippen LogP contribution in [-0.2, 0) is 9.53 Å². The van der Waals surface area contributed by atoms with E-state index in [1.54, 1.807) is 0 Å². The highest BCUT2D eigenvalue weighted by Gasteiger charge is 2.17. The quantitative estimate of drug-likeness (QED) is 0.383. The molecule has 0 rings (SSSR count). The lowest BCUT2D eigenvalue weighted by atomic mass is 10.1. The van der Waals surface area contributed by atoms with Crippen LogP contribution in [0.2, 0.25) is 0 Å². The minimum absolute atomic E-state index is 0.122. The minimum atomic E-state index is -0.622. The fraction of sp³-hybridized carbons (Fsp3) is 0.900. The maximum absolute atomic E-state index is 11.3. The van der Waals surface area contributed by atoms with Crippen molar-refractivity contribution in [1.29, 1.82) is 0 Å². The molecule has 0 amide bonds. The van der Waals surface area contributed by atoms with E-state index in [4.69, 9.17) is 21.9 Å². The molecule has 5 heteroatoms. The molecule has 0 saturated heterocycles. The molecule has 5 nitrogen and oxygen atoms in total. The van der Waals surface area contributed by atoms with E-state index in [1.807, 2.05) is 6.92 Å². The molecule has 0 heterocycles. The summed E-state index contributed by atoms with van der Waals surface area (Å²) in [7, 11) is 0. The van der Waals surface area contributed by atoms with E-state index in [0.717, 1.165) is 12.8 Å². The average molecular weight is 217 g/mol. The Morgan fingerprint density at radius 2 is 2.07 bits per heavy atom. The Balaban J connectivity index is 3.68. The Morgan fingerprint density at radius 1 is 1.40 bits per heavy atom. The number of hydrogen-bond acceptors (Lipinski definition) is 5. The van der Waals surface area contributed by atoms with Crippen LogP contribution in [0.15, 0.2) is 0 Å². The van der Waals surface area contributed by atoms with Crippen LogP contribution in [0.3, 0.4) is 0 Å². The van der Waals surface area contributed by atoms with Gasteiger partial charge in [0.25, 0.3) is 0 Å². The number of nitrogens with two attached hydrogens (primary N) is 3. The van der Waals surface area contributed by atoms with E-state index < -0.39 is 6.04 Å². The Hall–Kier alpha value is -0.650. The highest BCUT2D eigenvalue weighted by Crippen LogP contribution is 2.00. The summed E-state index contributed by atoms with van der Waals surface area (Å²) in [5.41, 5.74) is 16.7. The second-order valence-electron chi connectivity index (χ2n) is 3.70. The van der Waals surface area contributed by atoms with Gasteiger partial charge in [-0.15, -0.1) is 0 Å². The molecule has 2 atom stereocenters. The molecular formula is C10H23N3O2. The Bertz CT molecular complexity index is 176. The number of carbonyl (C=O) groups is 1. The van der Waals surface area contributed by atoms with Gasteiger partial charge in [0.15, 0.2) is 0 Å². The molecule has 0 aromatic carbocycles.